The van der Waals surface area contributed by atoms with Gasteiger partial charge in [0.1, 0.15) is 23.0 Å². The first-order chi connectivity index (χ1) is 17.3. The fourth-order valence-corrected chi connectivity index (χ4v) is 4.96. The van der Waals surface area contributed by atoms with E-state index in [4.69, 9.17) is 9.47 Å². The Hall–Kier alpha value is -3.99. The van der Waals surface area contributed by atoms with Crippen LogP contribution in [0.25, 0.3) is 17.1 Å². The van der Waals surface area contributed by atoms with E-state index < -0.39 is 21.2 Å². The molecule has 0 bridgehead atoms. The summed E-state index contributed by atoms with van der Waals surface area (Å²) in [5, 5.41) is 7.66. The summed E-state index contributed by atoms with van der Waals surface area (Å²) in [6, 6.07) is 14.6. The lowest BCUT2D eigenvalue weighted by Crippen LogP contribution is -2.31. The molecule has 10 nitrogen and oxygen atoms in total. The Morgan fingerprint density at radius 2 is 1.50 bits per heavy atom. The van der Waals surface area contributed by atoms with Crippen molar-refractivity contribution in [2.45, 2.75) is 31.9 Å². The van der Waals surface area contributed by atoms with Crippen molar-refractivity contribution in [1.82, 2.24) is 24.7 Å². The van der Waals surface area contributed by atoms with Crippen molar-refractivity contribution in [3.63, 3.8) is 0 Å². The summed E-state index contributed by atoms with van der Waals surface area (Å²) in [6.07, 6.45) is 3.34. The first-order valence-electron chi connectivity index (χ1n) is 11.3. The largest absolute Gasteiger partial charge is 0.494 e. The second-order valence-corrected chi connectivity index (χ2v) is 10.4. The molecule has 0 saturated heterocycles. The van der Waals surface area contributed by atoms with Crippen molar-refractivity contribution in [2.24, 2.45) is 0 Å². The zero-order valence-corrected chi connectivity index (χ0v) is 21.5. The maximum atomic E-state index is 13.5. The number of nitrogens with one attached hydrogen (secondary N) is 1. The summed E-state index contributed by atoms with van der Waals surface area (Å²) < 4.78 is 42.4. The van der Waals surface area contributed by atoms with Crippen LogP contribution in [0.4, 0.5) is 5.95 Å². The second-order valence-electron chi connectivity index (χ2n) is 8.32. The summed E-state index contributed by atoms with van der Waals surface area (Å²) in [4.78, 5) is 8.61. The Morgan fingerprint density at radius 3 is 2.08 bits per heavy atom. The summed E-state index contributed by atoms with van der Waals surface area (Å²) in [6.45, 7) is 5.26. The average molecular weight is 509 g/mol. The van der Waals surface area contributed by atoms with Gasteiger partial charge in [0.05, 0.1) is 19.5 Å². The Morgan fingerprint density at radius 1 is 0.889 bits per heavy atom. The van der Waals surface area contributed by atoms with Gasteiger partial charge < -0.3 is 9.47 Å². The second kappa shape index (κ2) is 10.3. The normalized spacial score (nSPS) is 13.1. The minimum Gasteiger partial charge on any atom is -0.494 e. The number of para-hydroxylation sites is 1. The Kier molecular flexibility index (Phi) is 7.20. The molecule has 2 heterocycles. The lowest BCUT2D eigenvalue weighted by Gasteiger charge is -2.21. The Bertz CT molecular complexity index is 1420. The van der Waals surface area contributed by atoms with Crippen molar-refractivity contribution < 1.29 is 17.9 Å². The maximum absolute atomic E-state index is 13.5. The van der Waals surface area contributed by atoms with Crippen LogP contribution >= 0.6 is 0 Å². The van der Waals surface area contributed by atoms with Crippen LogP contribution in [-0.2, 0) is 10.0 Å². The van der Waals surface area contributed by atoms with E-state index in [1.165, 1.54) is 14.2 Å². The predicted octanol–water partition coefficient (Wildman–Crippen LogP) is 3.98. The van der Waals surface area contributed by atoms with Crippen LogP contribution in [-0.4, -0.2) is 52.6 Å². The van der Waals surface area contributed by atoms with Crippen LogP contribution in [0.3, 0.4) is 0 Å². The molecule has 0 saturated carbocycles. The van der Waals surface area contributed by atoms with Gasteiger partial charge in [-0.1, -0.05) is 43.3 Å². The molecule has 0 aliphatic rings. The van der Waals surface area contributed by atoms with Gasteiger partial charge in [0.25, 0.3) is 0 Å². The van der Waals surface area contributed by atoms with Crippen molar-refractivity contribution in [3.05, 3.63) is 72.3 Å². The highest BCUT2D eigenvalue weighted by molar-refractivity contribution is 7.93. The number of ether oxygens (including phenoxy) is 2. The molecular weight excluding hydrogens is 480 g/mol. The molecule has 2 aromatic carbocycles. The molecule has 2 aromatic heterocycles. The molecule has 11 heteroatoms. The molecule has 4 aromatic rings. The fourth-order valence-electron chi connectivity index (χ4n) is 3.72. The highest BCUT2D eigenvalue weighted by Gasteiger charge is 2.32. The zero-order valence-electron chi connectivity index (χ0n) is 20.7. The van der Waals surface area contributed by atoms with E-state index in [1.54, 1.807) is 49.0 Å². The van der Waals surface area contributed by atoms with Gasteiger partial charge in [0.15, 0.2) is 5.82 Å². The zero-order chi connectivity index (χ0) is 25.9. The number of anilines is 1. The molecular formula is C25H28N6O4S. The third kappa shape index (κ3) is 4.87. The molecule has 36 heavy (non-hydrogen) atoms. The molecule has 1 N–H and O–H groups in total. The van der Waals surface area contributed by atoms with E-state index in [-0.39, 0.29) is 5.95 Å². The molecule has 0 radical (unpaired) electrons. The number of aromatic nitrogens is 5. The minimum atomic E-state index is -3.94. The summed E-state index contributed by atoms with van der Waals surface area (Å²) in [7, 11) is -0.889. The molecule has 2 unspecified atom stereocenters. The van der Waals surface area contributed by atoms with Gasteiger partial charge in [-0.2, -0.15) is 0 Å². The van der Waals surface area contributed by atoms with E-state index >= 15 is 0 Å². The molecule has 188 valence electrons. The average Bonchev–Trinajstić information content (AvgIpc) is 3.30. The van der Waals surface area contributed by atoms with Gasteiger partial charge in [0.2, 0.25) is 16.0 Å². The standard InChI is InChI=1S/C25H28N6O4S/c1-16-14-26-23(27-15-16)17(2)18(3)36(32,33)30-25-29-28-24(19-10-7-6-8-11-19)31(25)22-20(34-4)12-9-13-21(22)35-5/h6-15,17-18H,1-5H3,(H,29,30). The first-order valence-corrected chi connectivity index (χ1v) is 12.8. The summed E-state index contributed by atoms with van der Waals surface area (Å²) >= 11 is 0. The van der Waals surface area contributed by atoms with Gasteiger partial charge in [-0.15, -0.1) is 10.2 Å². The number of benzene rings is 2. The van der Waals surface area contributed by atoms with Crippen LogP contribution in [0.2, 0.25) is 0 Å². The fraction of sp³-hybridized carbons (Fsp3) is 0.280. The number of hydrogen-bond acceptors (Lipinski definition) is 8. The molecule has 0 amide bonds. The lowest BCUT2D eigenvalue weighted by atomic mass is 10.1. The monoisotopic (exact) mass is 508 g/mol. The number of nitrogens with zero attached hydrogens (tertiary/aromatic N) is 5. The highest BCUT2D eigenvalue weighted by Crippen LogP contribution is 2.38. The quantitative estimate of drug-likeness (QED) is 0.360. The molecule has 0 aliphatic heterocycles. The SMILES string of the molecule is COc1cccc(OC)c1-n1c(NS(=O)(=O)C(C)C(C)c2ncc(C)cn2)nnc1-c1ccccc1. The van der Waals surface area contributed by atoms with Crippen molar-refractivity contribution in [2.75, 3.05) is 18.9 Å². The predicted molar refractivity (Wildman–Crippen MR) is 137 cm³/mol. The number of sulfonamides is 1. The van der Waals surface area contributed by atoms with Crippen molar-refractivity contribution in [1.29, 1.82) is 0 Å². The Balaban J connectivity index is 1.81. The Labute approximate surface area is 210 Å². The van der Waals surface area contributed by atoms with Gasteiger partial charge in [-0.05, 0) is 31.5 Å². The third-order valence-electron chi connectivity index (χ3n) is 5.96. The van der Waals surface area contributed by atoms with Gasteiger partial charge >= 0.3 is 0 Å². The van der Waals surface area contributed by atoms with E-state index in [0.717, 1.165) is 11.1 Å². The third-order valence-corrected chi connectivity index (χ3v) is 7.81. The van der Waals surface area contributed by atoms with Crippen molar-refractivity contribution in [3.8, 4) is 28.6 Å². The van der Waals surface area contributed by atoms with Crippen LogP contribution in [0.1, 0.15) is 31.2 Å². The van der Waals surface area contributed by atoms with Crippen molar-refractivity contribution >= 4 is 16.0 Å². The molecule has 0 aliphatic carbocycles. The molecule has 2 atom stereocenters. The minimum absolute atomic E-state index is 0.000488. The lowest BCUT2D eigenvalue weighted by molar-refractivity contribution is 0.391. The van der Waals surface area contributed by atoms with Crippen LogP contribution in [0, 0.1) is 6.92 Å². The van der Waals surface area contributed by atoms with Crippen LogP contribution in [0.5, 0.6) is 11.5 Å². The number of hydrogen-bond donors (Lipinski definition) is 1. The summed E-state index contributed by atoms with van der Waals surface area (Å²) in [5.41, 5.74) is 2.09. The van der Waals surface area contributed by atoms with E-state index in [9.17, 15) is 8.42 Å². The number of rotatable bonds is 9. The summed E-state index contributed by atoms with van der Waals surface area (Å²) in [5.74, 6) is 1.30. The smallest absolute Gasteiger partial charge is 0.243 e. The van der Waals surface area contributed by atoms with E-state index in [0.29, 0.717) is 28.8 Å². The molecule has 0 spiro atoms. The van der Waals surface area contributed by atoms with Gasteiger partial charge in [-0.3, -0.25) is 9.29 Å². The molecule has 4 rings (SSSR count). The van der Waals surface area contributed by atoms with Crippen LogP contribution < -0.4 is 14.2 Å². The van der Waals surface area contributed by atoms with Gasteiger partial charge in [-0.25, -0.2) is 18.4 Å². The van der Waals surface area contributed by atoms with Crippen LogP contribution in [0.15, 0.2) is 60.9 Å². The van der Waals surface area contributed by atoms with E-state index in [2.05, 4.69) is 24.9 Å². The first kappa shape index (κ1) is 25.1. The number of aryl methyl sites for hydroxylation is 1. The highest BCUT2D eigenvalue weighted by atomic mass is 32.2. The van der Waals surface area contributed by atoms with E-state index in [1.807, 2.05) is 37.3 Å². The maximum Gasteiger partial charge on any atom is 0.243 e. The number of methoxy groups -OCH3 is 2. The topological polar surface area (TPSA) is 121 Å². The van der Waals surface area contributed by atoms with Gasteiger partial charge in [0, 0.05) is 23.9 Å². The molecule has 0 fully saturated rings.